The third-order valence-corrected chi connectivity index (χ3v) is 3.92. The van der Waals surface area contributed by atoms with Gasteiger partial charge in [0.1, 0.15) is 5.75 Å². The lowest BCUT2D eigenvalue weighted by Crippen LogP contribution is -2.40. The minimum atomic E-state index is 0.552. The van der Waals surface area contributed by atoms with Crippen LogP contribution in [0.3, 0.4) is 0 Å². The standard InChI is InChI=1S/C14H16ClN3O/c1-19-14-4-2-3-12(15)11(14)8-18-9-17-7-13(18)10-5-16-6-10/h2-4,7,9-10,16H,5-6,8H2,1H3. The van der Waals surface area contributed by atoms with Crippen LogP contribution in [0.25, 0.3) is 0 Å². The van der Waals surface area contributed by atoms with Gasteiger partial charge in [-0.1, -0.05) is 17.7 Å². The molecule has 0 atom stereocenters. The van der Waals surface area contributed by atoms with Crippen LogP contribution in [0.1, 0.15) is 17.2 Å². The third kappa shape index (κ3) is 2.33. The van der Waals surface area contributed by atoms with Gasteiger partial charge in [-0.25, -0.2) is 4.98 Å². The molecule has 1 N–H and O–H groups in total. The van der Waals surface area contributed by atoms with Crippen LogP contribution >= 0.6 is 11.6 Å². The van der Waals surface area contributed by atoms with E-state index in [1.165, 1.54) is 5.69 Å². The highest BCUT2D eigenvalue weighted by Gasteiger charge is 2.23. The molecule has 1 fully saturated rings. The van der Waals surface area contributed by atoms with E-state index in [1.807, 2.05) is 30.7 Å². The van der Waals surface area contributed by atoms with Crippen molar-refractivity contribution in [3.63, 3.8) is 0 Å². The van der Waals surface area contributed by atoms with Crippen molar-refractivity contribution in [1.82, 2.24) is 14.9 Å². The average Bonchev–Trinajstić information content (AvgIpc) is 2.78. The van der Waals surface area contributed by atoms with Crippen LogP contribution in [-0.2, 0) is 6.54 Å². The normalized spacial score (nSPS) is 15.3. The molecule has 1 saturated heterocycles. The van der Waals surface area contributed by atoms with Gasteiger partial charge in [-0.3, -0.25) is 0 Å². The van der Waals surface area contributed by atoms with Crippen molar-refractivity contribution in [2.45, 2.75) is 12.5 Å². The van der Waals surface area contributed by atoms with Crippen LogP contribution in [0.4, 0.5) is 0 Å². The van der Waals surface area contributed by atoms with Crippen LogP contribution in [0.2, 0.25) is 5.02 Å². The Bertz CT molecular complexity index is 578. The summed E-state index contributed by atoms with van der Waals surface area (Å²) in [6, 6.07) is 5.72. The molecule has 1 aromatic heterocycles. The predicted octanol–water partition coefficient (Wildman–Crippen LogP) is 2.28. The van der Waals surface area contributed by atoms with Gasteiger partial charge in [0.2, 0.25) is 0 Å². The fourth-order valence-corrected chi connectivity index (χ4v) is 2.58. The van der Waals surface area contributed by atoms with Crippen molar-refractivity contribution in [3.8, 4) is 5.75 Å². The topological polar surface area (TPSA) is 39.1 Å². The second-order valence-corrected chi connectivity index (χ2v) is 5.13. The molecule has 2 heterocycles. The lowest BCUT2D eigenvalue weighted by molar-refractivity contribution is 0.404. The first kappa shape index (κ1) is 12.5. The Labute approximate surface area is 117 Å². The molecule has 0 unspecified atom stereocenters. The maximum absolute atomic E-state index is 6.28. The molecule has 1 aromatic carbocycles. The molecular formula is C14H16ClN3O. The van der Waals surface area contributed by atoms with Crippen molar-refractivity contribution < 1.29 is 4.74 Å². The maximum atomic E-state index is 6.28. The highest BCUT2D eigenvalue weighted by atomic mass is 35.5. The fourth-order valence-electron chi connectivity index (χ4n) is 2.35. The lowest BCUT2D eigenvalue weighted by atomic mass is 10.00. The van der Waals surface area contributed by atoms with E-state index < -0.39 is 0 Å². The zero-order chi connectivity index (χ0) is 13.2. The first-order valence-electron chi connectivity index (χ1n) is 6.31. The minimum Gasteiger partial charge on any atom is -0.496 e. The largest absolute Gasteiger partial charge is 0.496 e. The smallest absolute Gasteiger partial charge is 0.125 e. The number of imidazole rings is 1. The maximum Gasteiger partial charge on any atom is 0.125 e. The number of nitrogens with one attached hydrogen (secondary N) is 1. The number of halogens is 1. The molecule has 0 spiro atoms. The molecule has 1 aliphatic rings. The molecule has 1 aliphatic heterocycles. The Kier molecular flexibility index (Phi) is 3.44. The van der Waals surface area contributed by atoms with Crippen molar-refractivity contribution in [2.24, 2.45) is 0 Å². The van der Waals surface area contributed by atoms with Crippen LogP contribution in [-0.4, -0.2) is 29.8 Å². The first-order valence-corrected chi connectivity index (χ1v) is 6.69. The number of ether oxygens (including phenoxy) is 1. The molecular weight excluding hydrogens is 262 g/mol. The summed E-state index contributed by atoms with van der Waals surface area (Å²) in [5.74, 6) is 1.37. The Balaban J connectivity index is 1.91. The van der Waals surface area contributed by atoms with Crippen LogP contribution in [0.15, 0.2) is 30.7 Å². The van der Waals surface area contributed by atoms with Crippen LogP contribution in [0, 0.1) is 0 Å². The molecule has 5 heteroatoms. The number of methoxy groups -OCH3 is 1. The van der Waals surface area contributed by atoms with Crippen molar-refractivity contribution in [2.75, 3.05) is 20.2 Å². The van der Waals surface area contributed by atoms with Gasteiger partial charge in [0.25, 0.3) is 0 Å². The summed E-state index contributed by atoms with van der Waals surface area (Å²) in [5, 5.41) is 4.01. The minimum absolute atomic E-state index is 0.552. The second kappa shape index (κ2) is 5.23. The van der Waals surface area contributed by atoms with Crippen molar-refractivity contribution in [3.05, 3.63) is 47.0 Å². The Morgan fingerprint density at radius 3 is 3.00 bits per heavy atom. The van der Waals surface area contributed by atoms with Gasteiger partial charge in [-0.05, 0) is 12.1 Å². The fraction of sp³-hybridized carbons (Fsp3) is 0.357. The number of aromatic nitrogens is 2. The van der Waals surface area contributed by atoms with Crippen molar-refractivity contribution >= 4 is 11.6 Å². The molecule has 100 valence electrons. The van der Waals surface area contributed by atoms with E-state index in [2.05, 4.69) is 14.9 Å². The molecule has 4 nitrogen and oxygen atoms in total. The zero-order valence-electron chi connectivity index (χ0n) is 10.8. The lowest BCUT2D eigenvalue weighted by Gasteiger charge is -2.28. The quantitative estimate of drug-likeness (QED) is 0.932. The summed E-state index contributed by atoms with van der Waals surface area (Å²) in [4.78, 5) is 4.26. The monoisotopic (exact) mass is 277 g/mol. The van der Waals surface area contributed by atoms with E-state index in [9.17, 15) is 0 Å². The highest BCUT2D eigenvalue weighted by Crippen LogP contribution is 2.28. The molecule has 19 heavy (non-hydrogen) atoms. The second-order valence-electron chi connectivity index (χ2n) is 4.72. The Morgan fingerprint density at radius 2 is 2.32 bits per heavy atom. The van der Waals surface area contributed by atoms with Crippen LogP contribution < -0.4 is 10.1 Å². The van der Waals surface area contributed by atoms with Gasteiger partial charge in [-0.15, -0.1) is 0 Å². The SMILES string of the molecule is COc1cccc(Cl)c1Cn1cncc1C1CNC1. The Morgan fingerprint density at radius 1 is 1.47 bits per heavy atom. The van der Waals surface area contributed by atoms with Gasteiger partial charge in [0, 0.05) is 41.5 Å². The summed E-state index contributed by atoms with van der Waals surface area (Å²) in [6.07, 6.45) is 3.80. The summed E-state index contributed by atoms with van der Waals surface area (Å²) >= 11 is 6.28. The number of hydrogen-bond acceptors (Lipinski definition) is 3. The zero-order valence-corrected chi connectivity index (χ0v) is 11.5. The van der Waals surface area contributed by atoms with E-state index in [0.29, 0.717) is 12.5 Å². The molecule has 0 radical (unpaired) electrons. The summed E-state index contributed by atoms with van der Waals surface area (Å²) in [7, 11) is 1.67. The van der Waals surface area contributed by atoms with E-state index in [1.54, 1.807) is 7.11 Å². The number of nitrogens with zero attached hydrogens (tertiary/aromatic N) is 2. The highest BCUT2D eigenvalue weighted by molar-refractivity contribution is 6.31. The summed E-state index contributed by atoms with van der Waals surface area (Å²) in [6.45, 7) is 2.73. The third-order valence-electron chi connectivity index (χ3n) is 3.57. The van der Waals surface area contributed by atoms with E-state index >= 15 is 0 Å². The number of hydrogen-bond donors (Lipinski definition) is 1. The molecule has 3 rings (SSSR count). The van der Waals surface area contributed by atoms with E-state index in [0.717, 1.165) is 29.4 Å². The van der Waals surface area contributed by atoms with Gasteiger partial charge in [-0.2, -0.15) is 0 Å². The van der Waals surface area contributed by atoms with Gasteiger partial charge < -0.3 is 14.6 Å². The summed E-state index contributed by atoms with van der Waals surface area (Å²) < 4.78 is 7.53. The number of rotatable bonds is 4. The van der Waals surface area contributed by atoms with Crippen LogP contribution in [0.5, 0.6) is 5.75 Å². The predicted molar refractivity (Wildman–Crippen MR) is 74.9 cm³/mol. The molecule has 0 amide bonds. The Hall–Kier alpha value is -1.52. The summed E-state index contributed by atoms with van der Waals surface area (Å²) in [5.41, 5.74) is 2.25. The van der Waals surface area contributed by atoms with E-state index in [-0.39, 0.29) is 0 Å². The molecule has 2 aromatic rings. The molecule has 0 bridgehead atoms. The van der Waals surface area contributed by atoms with Crippen molar-refractivity contribution in [1.29, 1.82) is 0 Å². The van der Waals surface area contributed by atoms with Gasteiger partial charge in [0.15, 0.2) is 0 Å². The number of benzene rings is 1. The first-order chi connectivity index (χ1) is 9.29. The molecule has 0 saturated carbocycles. The average molecular weight is 278 g/mol. The van der Waals surface area contributed by atoms with Gasteiger partial charge >= 0.3 is 0 Å². The van der Waals surface area contributed by atoms with Gasteiger partial charge in [0.05, 0.1) is 20.0 Å². The van der Waals surface area contributed by atoms with E-state index in [4.69, 9.17) is 16.3 Å². The molecule has 0 aliphatic carbocycles.